The van der Waals surface area contributed by atoms with Crippen LogP contribution in [-0.2, 0) is 21.2 Å². The van der Waals surface area contributed by atoms with E-state index in [0.717, 1.165) is 30.4 Å². The van der Waals surface area contributed by atoms with Gasteiger partial charge in [0.05, 0.1) is 24.8 Å². The summed E-state index contributed by atoms with van der Waals surface area (Å²) in [5.74, 6) is 0.924. The van der Waals surface area contributed by atoms with Gasteiger partial charge in [-0.3, -0.25) is 9.10 Å². The van der Waals surface area contributed by atoms with Gasteiger partial charge in [0.25, 0.3) is 5.91 Å². The molecule has 1 aliphatic rings. The Morgan fingerprint density at radius 1 is 1.35 bits per heavy atom. The zero-order chi connectivity index (χ0) is 18.7. The molecule has 1 aromatic carbocycles. The van der Waals surface area contributed by atoms with Crippen molar-refractivity contribution < 1.29 is 22.4 Å². The maximum atomic E-state index is 12.4. The standard InChI is InChI=1S/C18H22N2O5S/c1-13-7-8-16-15(11-13)20(26(2,22)23)12-17(25-16)18(21)19-9-3-5-14-6-4-10-24-14/h4,6-8,10-11,17H,3,5,9,12H2,1-2H3,(H,19,21). The maximum Gasteiger partial charge on any atom is 0.263 e. The summed E-state index contributed by atoms with van der Waals surface area (Å²) in [5, 5.41) is 2.80. The molecule has 8 heteroatoms. The number of hydrogen-bond donors (Lipinski definition) is 1. The average molecular weight is 378 g/mol. The van der Waals surface area contributed by atoms with Gasteiger partial charge >= 0.3 is 0 Å². The fourth-order valence-electron chi connectivity index (χ4n) is 2.85. The topological polar surface area (TPSA) is 88.9 Å². The van der Waals surface area contributed by atoms with Crippen molar-refractivity contribution >= 4 is 21.6 Å². The molecule has 0 aliphatic carbocycles. The number of aryl methyl sites for hydroxylation is 2. The Balaban J connectivity index is 1.65. The van der Waals surface area contributed by atoms with E-state index in [1.165, 1.54) is 4.31 Å². The average Bonchev–Trinajstić information content (AvgIpc) is 3.10. The van der Waals surface area contributed by atoms with Gasteiger partial charge in [-0.15, -0.1) is 0 Å². The molecule has 1 aliphatic heterocycles. The minimum Gasteiger partial charge on any atom is -0.476 e. The molecule has 0 radical (unpaired) electrons. The lowest BCUT2D eigenvalue weighted by Gasteiger charge is -2.34. The van der Waals surface area contributed by atoms with Gasteiger partial charge in [0.1, 0.15) is 11.5 Å². The summed E-state index contributed by atoms with van der Waals surface area (Å²) in [7, 11) is -3.52. The van der Waals surface area contributed by atoms with Crippen LogP contribution in [0.2, 0.25) is 0 Å². The Labute approximate surface area is 153 Å². The Morgan fingerprint density at radius 3 is 2.85 bits per heavy atom. The van der Waals surface area contributed by atoms with Crippen molar-refractivity contribution in [2.75, 3.05) is 23.7 Å². The molecule has 1 amide bonds. The first-order chi connectivity index (χ1) is 12.3. The van der Waals surface area contributed by atoms with Crippen LogP contribution < -0.4 is 14.4 Å². The molecule has 26 heavy (non-hydrogen) atoms. The van der Waals surface area contributed by atoms with Gasteiger partial charge in [0.15, 0.2) is 6.10 Å². The number of anilines is 1. The summed E-state index contributed by atoms with van der Waals surface area (Å²) in [5.41, 5.74) is 1.39. The zero-order valence-electron chi connectivity index (χ0n) is 14.8. The predicted octanol–water partition coefficient (Wildman–Crippen LogP) is 1.86. The third kappa shape index (κ3) is 4.19. The van der Waals surface area contributed by atoms with E-state index >= 15 is 0 Å². The number of nitrogens with zero attached hydrogens (tertiary/aromatic N) is 1. The van der Waals surface area contributed by atoms with Gasteiger partial charge in [0, 0.05) is 13.0 Å². The third-order valence-corrected chi connectivity index (χ3v) is 5.30. The molecule has 140 valence electrons. The minimum absolute atomic E-state index is 0.0424. The Bertz CT molecular complexity index is 877. The third-order valence-electron chi connectivity index (χ3n) is 4.16. The molecular formula is C18H22N2O5S. The fraction of sp³-hybridized carbons (Fsp3) is 0.389. The molecular weight excluding hydrogens is 356 g/mol. The Hall–Kier alpha value is -2.48. The molecule has 7 nitrogen and oxygen atoms in total. The second-order valence-corrected chi connectivity index (χ2v) is 8.25. The summed E-state index contributed by atoms with van der Waals surface area (Å²) in [4.78, 5) is 12.4. The number of ether oxygens (including phenoxy) is 1. The fourth-order valence-corrected chi connectivity index (χ4v) is 3.76. The van der Waals surface area contributed by atoms with Crippen molar-refractivity contribution in [3.05, 3.63) is 47.9 Å². The minimum atomic E-state index is -3.52. The van der Waals surface area contributed by atoms with Crippen molar-refractivity contribution in [1.29, 1.82) is 0 Å². The number of furan rings is 1. The number of fused-ring (bicyclic) bond motifs is 1. The van der Waals surface area contributed by atoms with Gasteiger partial charge < -0.3 is 14.5 Å². The first-order valence-corrected chi connectivity index (χ1v) is 10.2. The van der Waals surface area contributed by atoms with E-state index < -0.39 is 16.1 Å². The zero-order valence-corrected chi connectivity index (χ0v) is 15.6. The number of hydrogen-bond acceptors (Lipinski definition) is 5. The Kier molecular flexibility index (Phi) is 5.22. The van der Waals surface area contributed by atoms with Crippen LogP contribution in [0, 0.1) is 6.92 Å². The molecule has 1 unspecified atom stereocenters. The molecule has 1 aromatic heterocycles. The molecule has 0 saturated carbocycles. The van der Waals surface area contributed by atoms with E-state index in [4.69, 9.17) is 9.15 Å². The second-order valence-electron chi connectivity index (χ2n) is 6.35. The van der Waals surface area contributed by atoms with Crippen molar-refractivity contribution in [2.45, 2.75) is 25.9 Å². The molecule has 0 spiro atoms. The van der Waals surface area contributed by atoms with Crippen molar-refractivity contribution in [2.24, 2.45) is 0 Å². The molecule has 0 saturated heterocycles. The first kappa shape index (κ1) is 18.3. The molecule has 0 bridgehead atoms. The van der Waals surface area contributed by atoms with E-state index in [2.05, 4.69) is 5.32 Å². The predicted molar refractivity (Wildman–Crippen MR) is 97.8 cm³/mol. The summed E-state index contributed by atoms with van der Waals surface area (Å²) >= 11 is 0. The molecule has 3 rings (SSSR count). The molecule has 2 heterocycles. The van der Waals surface area contributed by atoms with Crippen LogP contribution >= 0.6 is 0 Å². The monoisotopic (exact) mass is 378 g/mol. The van der Waals surface area contributed by atoms with E-state index in [1.54, 1.807) is 18.4 Å². The highest BCUT2D eigenvalue weighted by atomic mass is 32.2. The number of rotatable bonds is 6. The molecule has 2 aromatic rings. The van der Waals surface area contributed by atoms with Crippen LogP contribution in [-0.4, -0.2) is 39.8 Å². The van der Waals surface area contributed by atoms with Gasteiger partial charge in [-0.25, -0.2) is 8.42 Å². The highest BCUT2D eigenvalue weighted by Crippen LogP contribution is 2.35. The largest absolute Gasteiger partial charge is 0.476 e. The number of benzene rings is 1. The van der Waals surface area contributed by atoms with Crippen LogP contribution in [0.4, 0.5) is 5.69 Å². The Morgan fingerprint density at radius 2 is 2.15 bits per heavy atom. The summed E-state index contributed by atoms with van der Waals surface area (Å²) < 4.78 is 36.5. The number of sulfonamides is 1. The van der Waals surface area contributed by atoms with Crippen LogP contribution in [0.25, 0.3) is 0 Å². The lowest BCUT2D eigenvalue weighted by molar-refractivity contribution is -0.127. The highest BCUT2D eigenvalue weighted by Gasteiger charge is 2.34. The SMILES string of the molecule is Cc1ccc2c(c1)N(S(C)(=O)=O)CC(C(=O)NCCCc1ccco1)O2. The maximum absolute atomic E-state index is 12.4. The highest BCUT2D eigenvalue weighted by molar-refractivity contribution is 7.92. The lowest BCUT2D eigenvalue weighted by atomic mass is 10.1. The van der Waals surface area contributed by atoms with Gasteiger partial charge in [0.2, 0.25) is 10.0 Å². The molecule has 1 N–H and O–H groups in total. The van der Waals surface area contributed by atoms with E-state index in [-0.39, 0.29) is 12.5 Å². The number of carbonyl (C=O) groups excluding carboxylic acids is 1. The molecule has 1 atom stereocenters. The van der Waals surface area contributed by atoms with Crippen LogP contribution in [0.15, 0.2) is 41.0 Å². The van der Waals surface area contributed by atoms with Crippen LogP contribution in [0.1, 0.15) is 17.7 Å². The normalized spacial score (nSPS) is 16.7. The van der Waals surface area contributed by atoms with Crippen LogP contribution in [0.5, 0.6) is 5.75 Å². The van der Waals surface area contributed by atoms with Gasteiger partial charge in [-0.1, -0.05) is 6.07 Å². The quantitative estimate of drug-likeness (QED) is 0.775. The van der Waals surface area contributed by atoms with E-state index in [1.807, 2.05) is 25.1 Å². The number of nitrogens with one attached hydrogen (secondary N) is 1. The van der Waals surface area contributed by atoms with E-state index in [9.17, 15) is 13.2 Å². The smallest absolute Gasteiger partial charge is 0.263 e. The second kappa shape index (κ2) is 7.41. The van der Waals surface area contributed by atoms with Crippen molar-refractivity contribution in [3.63, 3.8) is 0 Å². The number of carbonyl (C=O) groups is 1. The summed E-state index contributed by atoms with van der Waals surface area (Å²) in [6, 6.07) is 8.97. The lowest BCUT2D eigenvalue weighted by Crippen LogP contribution is -2.50. The summed E-state index contributed by atoms with van der Waals surface area (Å²) in [6.07, 6.45) is 3.29. The van der Waals surface area contributed by atoms with Gasteiger partial charge in [-0.05, 0) is 43.2 Å². The van der Waals surface area contributed by atoms with Crippen molar-refractivity contribution in [1.82, 2.24) is 5.32 Å². The van der Waals surface area contributed by atoms with E-state index in [0.29, 0.717) is 18.0 Å². The van der Waals surface area contributed by atoms with Crippen molar-refractivity contribution in [3.8, 4) is 5.75 Å². The summed E-state index contributed by atoms with van der Waals surface area (Å²) in [6.45, 7) is 2.29. The van der Waals surface area contributed by atoms with Gasteiger partial charge in [-0.2, -0.15) is 0 Å². The molecule has 0 fully saturated rings. The number of amides is 1. The van der Waals surface area contributed by atoms with Crippen LogP contribution in [0.3, 0.4) is 0 Å². The first-order valence-electron chi connectivity index (χ1n) is 8.40.